The topological polar surface area (TPSA) is 50.7 Å². The Morgan fingerprint density at radius 3 is 2.80 bits per heavy atom. The lowest BCUT2D eigenvalue weighted by Crippen LogP contribution is -2.24. The van der Waals surface area contributed by atoms with Crippen LogP contribution in [0.2, 0.25) is 5.02 Å². The first kappa shape index (κ1) is 11.5. The third kappa shape index (κ3) is 4.46. The maximum Gasteiger partial charge on any atom is 0.277 e. The van der Waals surface area contributed by atoms with Crippen LogP contribution in [0.4, 0.5) is 0 Å². The molecule has 0 fully saturated rings. The number of hydrogen-bond acceptors (Lipinski definition) is 3. The van der Waals surface area contributed by atoms with Gasteiger partial charge < -0.3 is 4.74 Å². The highest BCUT2D eigenvalue weighted by Crippen LogP contribution is 2.15. The number of ether oxygens (including phenoxy) is 1. The van der Waals surface area contributed by atoms with Crippen LogP contribution in [-0.4, -0.2) is 18.7 Å². The van der Waals surface area contributed by atoms with Crippen molar-refractivity contribution >= 4 is 23.7 Å². The average Bonchev–Trinajstić information content (AvgIpc) is 2.25. The molecule has 0 saturated carbocycles. The Morgan fingerprint density at radius 1 is 1.53 bits per heavy atom. The van der Waals surface area contributed by atoms with E-state index in [2.05, 4.69) is 10.5 Å². The monoisotopic (exact) mass is 226 g/mol. The first-order chi connectivity index (χ1) is 7.22. The second-order valence-corrected chi connectivity index (χ2v) is 3.10. The summed E-state index contributed by atoms with van der Waals surface area (Å²) < 4.78 is 5.18. The van der Waals surface area contributed by atoms with Gasteiger partial charge in [0.25, 0.3) is 5.91 Å². The van der Waals surface area contributed by atoms with Crippen molar-refractivity contribution in [2.24, 2.45) is 5.10 Å². The first-order valence-corrected chi connectivity index (χ1v) is 4.75. The van der Waals surface area contributed by atoms with E-state index in [1.54, 1.807) is 31.2 Å². The van der Waals surface area contributed by atoms with Crippen molar-refractivity contribution < 1.29 is 9.53 Å². The Kier molecular flexibility index (Phi) is 4.63. The molecule has 0 aliphatic carbocycles. The normalized spacial score (nSPS) is 10.3. The van der Waals surface area contributed by atoms with Gasteiger partial charge in [0.15, 0.2) is 6.61 Å². The summed E-state index contributed by atoms with van der Waals surface area (Å²) in [6, 6.07) is 6.77. The van der Waals surface area contributed by atoms with E-state index in [0.717, 1.165) is 0 Å². The van der Waals surface area contributed by atoms with Crippen LogP contribution in [0.3, 0.4) is 0 Å². The summed E-state index contributed by atoms with van der Waals surface area (Å²) in [7, 11) is 0. The van der Waals surface area contributed by atoms with Crippen LogP contribution in [0.25, 0.3) is 0 Å². The molecule has 1 aromatic rings. The summed E-state index contributed by atoms with van der Waals surface area (Å²) in [5.74, 6) is 0.290. The number of hydrogen-bond donors (Lipinski definition) is 1. The van der Waals surface area contributed by atoms with Crippen LogP contribution in [0.5, 0.6) is 5.75 Å². The maximum absolute atomic E-state index is 11.1. The largest absolute Gasteiger partial charge is 0.484 e. The van der Waals surface area contributed by atoms with Crippen LogP contribution < -0.4 is 10.2 Å². The molecule has 1 amide bonds. The quantitative estimate of drug-likeness (QED) is 0.629. The van der Waals surface area contributed by atoms with Gasteiger partial charge in [-0.25, -0.2) is 5.43 Å². The Morgan fingerprint density at radius 2 is 2.20 bits per heavy atom. The smallest absolute Gasteiger partial charge is 0.277 e. The zero-order chi connectivity index (χ0) is 11.1. The predicted octanol–water partition coefficient (Wildman–Crippen LogP) is 1.84. The molecular formula is C10H11ClN2O2. The second-order valence-electron chi connectivity index (χ2n) is 2.66. The number of carbonyl (C=O) groups excluding carboxylic acids is 1. The summed E-state index contributed by atoms with van der Waals surface area (Å²) >= 11 is 5.69. The van der Waals surface area contributed by atoms with Crippen molar-refractivity contribution in [1.82, 2.24) is 5.43 Å². The Labute approximate surface area is 92.9 Å². The van der Waals surface area contributed by atoms with Crippen molar-refractivity contribution in [3.05, 3.63) is 29.3 Å². The van der Waals surface area contributed by atoms with E-state index in [9.17, 15) is 4.79 Å². The van der Waals surface area contributed by atoms with E-state index in [4.69, 9.17) is 16.3 Å². The maximum atomic E-state index is 11.1. The summed E-state index contributed by atoms with van der Waals surface area (Å²) in [6.07, 6.45) is 1.49. The summed E-state index contributed by atoms with van der Waals surface area (Å²) in [5.41, 5.74) is 2.29. The van der Waals surface area contributed by atoms with Gasteiger partial charge in [0, 0.05) is 11.2 Å². The van der Waals surface area contributed by atoms with Gasteiger partial charge in [0.05, 0.1) is 0 Å². The van der Waals surface area contributed by atoms with Crippen molar-refractivity contribution in [3.8, 4) is 5.75 Å². The molecule has 15 heavy (non-hydrogen) atoms. The van der Waals surface area contributed by atoms with Crippen molar-refractivity contribution in [1.29, 1.82) is 0 Å². The van der Waals surface area contributed by atoms with Crippen molar-refractivity contribution in [2.45, 2.75) is 6.92 Å². The summed E-state index contributed by atoms with van der Waals surface area (Å²) in [4.78, 5) is 11.1. The Bertz CT molecular complexity index is 349. The predicted molar refractivity (Wildman–Crippen MR) is 59.3 cm³/mol. The molecule has 0 aromatic heterocycles. The molecule has 0 heterocycles. The molecule has 0 saturated heterocycles. The van der Waals surface area contributed by atoms with Crippen molar-refractivity contribution in [2.75, 3.05) is 6.61 Å². The number of amides is 1. The van der Waals surface area contributed by atoms with Crippen molar-refractivity contribution in [3.63, 3.8) is 0 Å². The van der Waals surface area contributed by atoms with Gasteiger partial charge in [0.1, 0.15) is 5.75 Å². The molecule has 0 radical (unpaired) electrons. The van der Waals surface area contributed by atoms with Crippen LogP contribution in [0.15, 0.2) is 29.4 Å². The lowest BCUT2D eigenvalue weighted by Gasteiger charge is -2.04. The molecular weight excluding hydrogens is 216 g/mol. The van der Waals surface area contributed by atoms with E-state index in [0.29, 0.717) is 10.8 Å². The number of benzene rings is 1. The minimum absolute atomic E-state index is 0.0705. The first-order valence-electron chi connectivity index (χ1n) is 4.37. The average molecular weight is 227 g/mol. The SMILES string of the molecule is CC=NNC(=O)COc1ccc(Cl)cc1. The molecule has 1 N–H and O–H groups in total. The number of hydrazone groups is 1. The van der Waals surface area contributed by atoms with Gasteiger partial charge in [0.2, 0.25) is 0 Å². The molecule has 0 atom stereocenters. The minimum Gasteiger partial charge on any atom is -0.484 e. The van der Waals surface area contributed by atoms with E-state index in [1.807, 2.05) is 0 Å². The molecule has 0 aliphatic heterocycles. The van der Waals surface area contributed by atoms with Gasteiger partial charge in [-0.15, -0.1) is 0 Å². The fourth-order valence-corrected chi connectivity index (χ4v) is 0.975. The third-order valence-electron chi connectivity index (χ3n) is 1.50. The van der Waals surface area contributed by atoms with Gasteiger partial charge in [-0.2, -0.15) is 5.10 Å². The number of nitrogens with one attached hydrogen (secondary N) is 1. The zero-order valence-electron chi connectivity index (χ0n) is 8.24. The third-order valence-corrected chi connectivity index (χ3v) is 1.75. The molecule has 1 rings (SSSR count). The molecule has 1 aromatic carbocycles. The van der Waals surface area contributed by atoms with Gasteiger partial charge in [-0.3, -0.25) is 4.79 Å². The summed E-state index contributed by atoms with van der Waals surface area (Å²) in [5, 5.41) is 4.20. The van der Waals surface area contributed by atoms with E-state index in [-0.39, 0.29) is 12.5 Å². The lowest BCUT2D eigenvalue weighted by atomic mass is 10.3. The van der Waals surface area contributed by atoms with E-state index >= 15 is 0 Å². The molecule has 0 aliphatic rings. The number of nitrogens with zero attached hydrogens (tertiary/aromatic N) is 1. The second kappa shape index (κ2) is 6.03. The lowest BCUT2D eigenvalue weighted by molar-refractivity contribution is -0.123. The van der Waals surface area contributed by atoms with Crippen LogP contribution >= 0.6 is 11.6 Å². The highest BCUT2D eigenvalue weighted by atomic mass is 35.5. The molecule has 0 spiro atoms. The number of rotatable bonds is 4. The van der Waals surface area contributed by atoms with Crippen LogP contribution in [0, 0.1) is 0 Å². The van der Waals surface area contributed by atoms with E-state index in [1.165, 1.54) is 6.21 Å². The standard InChI is InChI=1S/C10H11ClN2O2/c1-2-12-13-10(14)7-15-9-5-3-8(11)4-6-9/h2-6H,7H2,1H3,(H,13,14). The molecule has 4 nitrogen and oxygen atoms in total. The zero-order valence-corrected chi connectivity index (χ0v) is 8.99. The fraction of sp³-hybridized carbons (Fsp3) is 0.200. The highest BCUT2D eigenvalue weighted by molar-refractivity contribution is 6.30. The number of halogens is 1. The molecule has 80 valence electrons. The van der Waals surface area contributed by atoms with Gasteiger partial charge in [-0.1, -0.05) is 11.6 Å². The Balaban J connectivity index is 2.37. The van der Waals surface area contributed by atoms with Crippen LogP contribution in [-0.2, 0) is 4.79 Å². The molecule has 5 heteroatoms. The summed E-state index contributed by atoms with van der Waals surface area (Å²) in [6.45, 7) is 1.64. The van der Waals surface area contributed by atoms with E-state index < -0.39 is 0 Å². The minimum atomic E-state index is -0.303. The van der Waals surface area contributed by atoms with Gasteiger partial charge in [-0.05, 0) is 31.2 Å². The Hall–Kier alpha value is -1.55. The fourth-order valence-electron chi connectivity index (χ4n) is 0.849. The highest BCUT2D eigenvalue weighted by Gasteiger charge is 2.00. The number of carbonyl (C=O) groups is 1. The molecule has 0 bridgehead atoms. The van der Waals surface area contributed by atoms with Crippen LogP contribution in [0.1, 0.15) is 6.92 Å². The molecule has 0 unspecified atom stereocenters. The van der Waals surface area contributed by atoms with Gasteiger partial charge >= 0.3 is 0 Å².